The molecule has 0 aliphatic heterocycles. The summed E-state index contributed by atoms with van der Waals surface area (Å²) in [5, 5.41) is 3.37. The molecule has 0 saturated carbocycles. The summed E-state index contributed by atoms with van der Waals surface area (Å²) in [5.41, 5.74) is 1.20. The standard InChI is InChI=1S/C17H13Br2N3O2/c18-11-5-6-15(13(19)9-11)21-16(23)7-8-22-10-20-14-4-2-1-3-12(14)17(22)24/h1-6,9-10H,7-8H2,(H,21,23). The Balaban J connectivity index is 1.70. The highest BCUT2D eigenvalue weighted by atomic mass is 79.9. The van der Waals surface area contributed by atoms with Gasteiger partial charge in [0.05, 0.1) is 22.9 Å². The van der Waals surface area contributed by atoms with Crippen molar-refractivity contribution in [1.82, 2.24) is 9.55 Å². The highest BCUT2D eigenvalue weighted by Crippen LogP contribution is 2.26. The van der Waals surface area contributed by atoms with E-state index >= 15 is 0 Å². The van der Waals surface area contributed by atoms with E-state index in [4.69, 9.17) is 0 Å². The number of halogens is 2. The first-order valence-electron chi connectivity index (χ1n) is 7.23. The number of amides is 1. The largest absolute Gasteiger partial charge is 0.325 e. The van der Waals surface area contributed by atoms with Gasteiger partial charge in [-0.3, -0.25) is 14.2 Å². The molecule has 0 spiro atoms. The molecule has 1 N–H and O–H groups in total. The summed E-state index contributed by atoms with van der Waals surface area (Å²) in [5.74, 6) is -0.168. The summed E-state index contributed by atoms with van der Waals surface area (Å²) in [7, 11) is 0. The fourth-order valence-corrected chi connectivity index (χ4v) is 3.44. The van der Waals surface area contributed by atoms with E-state index in [0.29, 0.717) is 16.6 Å². The van der Waals surface area contributed by atoms with Crippen LogP contribution in [0.15, 0.2) is 62.5 Å². The minimum atomic E-state index is -0.168. The van der Waals surface area contributed by atoms with E-state index in [0.717, 1.165) is 8.95 Å². The lowest BCUT2D eigenvalue weighted by Gasteiger charge is -2.09. The molecule has 0 fully saturated rings. The van der Waals surface area contributed by atoms with Crippen LogP contribution >= 0.6 is 31.9 Å². The topological polar surface area (TPSA) is 64.0 Å². The number of carbonyl (C=O) groups is 1. The Morgan fingerprint density at radius 2 is 1.96 bits per heavy atom. The van der Waals surface area contributed by atoms with Crippen LogP contribution in [-0.4, -0.2) is 15.5 Å². The number of para-hydroxylation sites is 1. The Bertz CT molecular complexity index is 969. The van der Waals surface area contributed by atoms with Crippen LogP contribution in [0.25, 0.3) is 10.9 Å². The molecule has 5 nitrogen and oxygen atoms in total. The van der Waals surface area contributed by atoms with Crippen molar-refractivity contribution >= 4 is 54.4 Å². The van der Waals surface area contributed by atoms with Gasteiger partial charge in [0.25, 0.3) is 5.56 Å². The second-order valence-corrected chi connectivity index (χ2v) is 6.95. The lowest BCUT2D eigenvalue weighted by Crippen LogP contribution is -2.23. The van der Waals surface area contributed by atoms with Crippen molar-refractivity contribution in [2.75, 3.05) is 5.32 Å². The predicted octanol–water partition coefficient (Wildman–Crippen LogP) is 3.95. The zero-order valence-electron chi connectivity index (χ0n) is 12.5. The number of nitrogens with zero attached hydrogens (tertiary/aromatic N) is 2. The van der Waals surface area contributed by atoms with Crippen LogP contribution in [0.3, 0.4) is 0 Å². The third-order valence-electron chi connectivity index (χ3n) is 3.52. The van der Waals surface area contributed by atoms with E-state index in [-0.39, 0.29) is 24.4 Å². The van der Waals surface area contributed by atoms with Gasteiger partial charge in [-0.15, -0.1) is 0 Å². The fraction of sp³-hybridized carbons (Fsp3) is 0.118. The number of rotatable bonds is 4. The van der Waals surface area contributed by atoms with E-state index in [9.17, 15) is 9.59 Å². The molecule has 0 atom stereocenters. The van der Waals surface area contributed by atoms with Gasteiger partial charge in [-0.25, -0.2) is 4.98 Å². The normalized spacial score (nSPS) is 10.8. The summed E-state index contributed by atoms with van der Waals surface area (Å²) >= 11 is 6.76. The molecule has 3 rings (SSSR count). The van der Waals surface area contributed by atoms with Crippen LogP contribution in [0.1, 0.15) is 6.42 Å². The minimum Gasteiger partial charge on any atom is -0.325 e. The average Bonchev–Trinajstić information content (AvgIpc) is 2.57. The maximum atomic E-state index is 12.4. The van der Waals surface area contributed by atoms with Crippen LogP contribution < -0.4 is 10.9 Å². The van der Waals surface area contributed by atoms with E-state index in [1.54, 1.807) is 24.3 Å². The summed E-state index contributed by atoms with van der Waals surface area (Å²) in [6.45, 7) is 0.274. The van der Waals surface area contributed by atoms with Gasteiger partial charge in [-0.1, -0.05) is 28.1 Å². The number of hydrogen-bond acceptors (Lipinski definition) is 3. The highest BCUT2D eigenvalue weighted by molar-refractivity contribution is 9.11. The van der Waals surface area contributed by atoms with Gasteiger partial charge in [0.15, 0.2) is 0 Å². The second-order valence-electron chi connectivity index (χ2n) is 5.18. The minimum absolute atomic E-state index is 0.141. The number of anilines is 1. The Morgan fingerprint density at radius 3 is 2.75 bits per heavy atom. The molecule has 3 aromatic rings. The average molecular weight is 451 g/mol. The van der Waals surface area contributed by atoms with Gasteiger partial charge >= 0.3 is 0 Å². The fourth-order valence-electron chi connectivity index (χ4n) is 2.29. The van der Waals surface area contributed by atoms with Gasteiger partial charge in [0.2, 0.25) is 5.91 Å². The third-order valence-corrected chi connectivity index (χ3v) is 4.67. The summed E-state index contributed by atoms with van der Waals surface area (Å²) in [4.78, 5) is 28.7. The maximum Gasteiger partial charge on any atom is 0.261 e. The van der Waals surface area contributed by atoms with Gasteiger partial charge in [0, 0.05) is 21.9 Å². The predicted molar refractivity (Wildman–Crippen MR) is 101 cm³/mol. The molecule has 0 aliphatic rings. The van der Waals surface area contributed by atoms with Crippen LogP contribution in [0.4, 0.5) is 5.69 Å². The van der Waals surface area contributed by atoms with Gasteiger partial charge in [0.1, 0.15) is 0 Å². The van der Waals surface area contributed by atoms with E-state index in [1.165, 1.54) is 10.9 Å². The molecule has 1 amide bonds. The van der Waals surface area contributed by atoms with E-state index < -0.39 is 0 Å². The molecular weight excluding hydrogens is 438 g/mol. The summed E-state index contributed by atoms with van der Waals surface area (Å²) in [6.07, 6.45) is 1.66. The summed E-state index contributed by atoms with van der Waals surface area (Å²) < 4.78 is 3.16. The van der Waals surface area contributed by atoms with Crippen LogP contribution in [0.2, 0.25) is 0 Å². The molecule has 0 radical (unpaired) electrons. The van der Waals surface area contributed by atoms with Crippen LogP contribution in [0.5, 0.6) is 0 Å². The Hall–Kier alpha value is -1.99. The molecule has 1 aromatic heterocycles. The lowest BCUT2D eigenvalue weighted by molar-refractivity contribution is -0.116. The Kier molecular flexibility index (Phi) is 5.11. The smallest absolute Gasteiger partial charge is 0.261 e. The monoisotopic (exact) mass is 449 g/mol. The number of aryl methyl sites for hydroxylation is 1. The van der Waals surface area contributed by atoms with Crippen LogP contribution in [0, 0.1) is 0 Å². The molecule has 24 heavy (non-hydrogen) atoms. The molecule has 0 unspecified atom stereocenters. The van der Waals surface area contributed by atoms with Crippen molar-refractivity contribution in [3.05, 3.63) is 68.1 Å². The first-order valence-corrected chi connectivity index (χ1v) is 8.82. The Labute approximate surface area is 155 Å². The first-order chi connectivity index (χ1) is 11.5. The van der Waals surface area contributed by atoms with Crippen molar-refractivity contribution in [2.45, 2.75) is 13.0 Å². The number of carbonyl (C=O) groups excluding carboxylic acids is 1. The second kappa shape index (κ2) is 7.27. The molecule has 0 aliphatic carbocycles. The highest BCUT2D eigenvalue weighted by Gasteiger charge is 2.08. The zero-order valence-corrected chi connectivity index (χ0v) is 15.7. The molecule has 122 valence electrons. The van der Waals surface area contributed by atoms with Crippen molar-refractivity contribution in [2.24, 2.45) is 0 Å². The molecular formula is C17H13Br2N3O2. The summed E-state index contributed by atoms with van der Waals surface area (Å²) in [6, 6.07) is 12.7. The number of hydrogen-bond donors (Lipinski definition) is 1. The van der Waals surface area contributed by atoms with Gasteiger partial charge in [-0.05, 0) is 46.3 Å². The molecule has 0 bridgehead atoms. The van der Waals surface area contributed by atoms with Crippen molar-refractivity contribution in [1.29, 1.82) is 0 Å². The zero-order chi connectivity index (χ0) is 17.1. The van der Waals surface area contributed by atoms with Gasteiger partial charge in [-0.2, -0.15) is 0 Å². The first kappa shape index (κ1) is 16.9. The number of aromatic nitrogens is 2. The lowest BCUT2D eigenvalue weighted by atomic mass is 10.2. The quantitative estimate of drug-likeness (QED) is 0.654. The molecule has 0 saturated heterocycles. The van der Waals surface area contributed by atoms with Crippen molar-refractivity contribution in [3.8, 4) is 0 Å². The van der Waals surface area contributed by atoms with Crippen LogP contribution in [-0.2, 0) is 11.3 Å². The van der Waals surface area contributed by atoms with E-state index in [2.05, 4.69) is 42.2 Å². The number of benzene rings is 2. The van der Waals surface area contributed by atoms with Crippen molar-refractivity contribution in [3.63, 3.8) is 0 Å². The maximum absolute atomic E-state index is 12.4. The van der Waals surface area contributed by atoms with Crippen molar-refractivity contribution < 1.29 is 4.79 Å². The van der Waals surface area contributed by atoms with E-state index in [1.807, 2.05) is 18.2 Å². The SMILES string of the molecule is O=C(CCn1cnc2ccccc2c1=O)Nc1ccc(Br)cc1Br. The number of fused-ring (bicyclic) bond motifs is 1. The third kappa shape index (κ3) is 3.73. The van der Waals surface area contributed by atoms with Gasteiger partial charge < -0.3 is 5.32 Å². The Morgan fingerprint density at radius 1 is 1.17 bits per heavy atom. The molecule has 1 heterocycles. The number of nitrogens with one attached hydrogen (secondary N) is 1. The molecule has 2 aromatic carbocycles. The molecule has 7 heteroatoms.